The maximum atomic E-state index is 12.7. The average molecular weight is 401 g/mol. The first kappa shape index (κ1) is 19.8. The summed E-state index contributed by atoms with van der Waals surface area (Å²) in [6, 6.07) is 12.6. The van der Waals surface area contributed by atoms with E-state index in [4.69, 9.17) is 4.74 Å². The van der Waals surface area contributed by atoms with Gasteiger partial charge in [0.2, 0.25) is 0 Å². The molecule has 28 heavy (non-hydrogen) atoms. The number of ether oxygens (including phenoxy) is 1. The molecule has 0 saturated carbocycles. The van der Waals surface area contributed by atoms with Crippen LogP contribution in [-0.4, -0.2) is 21.4 Å². The lowest BCUT2D eigenvalue weighted by Crippen LogP contribution is -2.37. The zero-order valence-electron chi connectivity index (χ0n) is 15.6. The first-order chi connectivity index (χ1) is 13.5. The third kappa shape index (κ3) is 4.83. The smallest absolute Gasteiger partial charge is 0.269 e. The minimum atomic E-state index is -3.88. The van der Waals surface area contributed by atoms with Crippen LogP contribution in [0.3, 0.4) is 0 Å². The van der Waals surface area contributed by atoms with Gasteiger partial charge in [0, 0.05) is 11.3 Å². The van der Waals surface area contributed by atoms with Gasteiger partial charge in [-0.25, -0.2) is 8.42 Å². The number of hydrogen-bond acceptors (Lipinski definition) is 5. The van der Waals surface area contributed by atoms with Crippen molar-refractivity contribution in [2.45, 2.75) is 30.6 Å². The van der Waals surface area contributed by atoms with Crippen molar-refractivity contribution in [3.63, 3.8) is 0 Å². The van der Waals surface area contributed by atoms with E-state index in [9.17, 15) is 13.2 Å². The molecule has 148 valence electrons. The summed E-state index contributed by atoms with van der Waals surface area (Å²) in [5.41, 5.74) is 7.08. The summed E-state index contributed by atoms with van der Waals surface area (Å²) in [6.45, 7) is 0. The third-order valence-corrected chi connectivity index (χ3v) is 5.75. The second-order valence-electron chi connectivity index (χ2n) is 6.39. The molecule has 1 aliphatic carbocycles. The molecule has 2 aromatic rings. The van der Waals surface area contributed by atoms with Gasteiger partial charge in [-0.15, -0.1) is 0 Å². The van der Waals surface area contributed by atoms with Crippen LogP contribution >= 0.6 is 0 Å². The van der Waals surface area contributed by atoms with E-state index in [-0.39, 0.29) is 10.5 Å². The quantitative estimate of drug-likeness (QED) is 0.619. The monoisotopic (exact) mass is 401 g/mol. The SMILES string of the molecule is COc1ccccc1NS(=O)(=O)c1cccc(C(=O)NNC2=CCCCC2)c1. The Balaban J connectivity index is 1.74. The second kappa shape index (κ2) is 8.79. The zero-order chi connectivity index (χ0) is 20.0. The largest absolute Gasteiger partial charge is 0.495 e. The number of hydrazine groups is 1. The lowest BCUT2D eigenvalue weighted by molar-refractivity contribution is 0.0937. The van der Waals surface area contributed by atoms with E-state index in [0.717, 1.165) is 31.4 Å². The molecule has 8 heteroatoms. The Hall–Kier alpha value is -3.00. The Bertz CT molecular complexity index is 986. The standard InChI is InChI=1S/C20H23N3O4S/c1-27-19-13-6-5-12-18(19)23-28(25,26)17-11-7-8-15(14-17)20(24)22-21-16-9-3-2-4-10-16/h5-9,11-14,21,23H,2-4,10H2,1H3,(H,22,24). The van der Waals surface area contributed by atoms with Crippen molar-refractivity contribution in [1.29, 1.82) is 0 Å². The molecule has 2 aromatic carbocycles. The average Bonchev–Trinajstić information content (AvgIpc) is 2.73. The van der Waals surface area contributed by atoms with Crippen LogP contribution in [-0.2, 0) is 10.0 Å². The molecule has 0 aromatic heterocycles. The van der Waals surface area contributed by atoms with Crippen LogP contribution in [0.2, 0.25) is 0 Å². The number of sulfonamides is 1. The van der Waals surface area contributed by atoms with Gasteiger partial charge in [0.1, 0.15) is 5.75 Å². The third-order valence-electron chi connectivity index (χ3n) is 4.39. The highest BCUT2D eigenvalue weighted by molar-refractivity contribution is 7.92. The first-order valence-electron chi connectivity index (χ1n) is 9.01. The second-order valence-corrected chi connectivity index (χ2v) is 8.07. The fourth-order valence-electron chi connectivity index (χ4n) is 2.90. The number of hydrogen-bond donors (Lipinski definition) is 3. The number of anilines is 1. The van der Waals surface area contributed by atoms with Gasteiger partial charge in [-0.2, -0.15) is 0 Å². The molecule has 7 nitrogen and oxygen atoms in total. The highest BCUT2D eigenvalue weighted by atomic mass is 32.2. The van der Waals surface area contributed by atoms with Crippen molar-refractivity contribution < 1.29 is 17.9 Å². The predicted octanol–water partition coefficient (Wildman–Crippen LogP) is 3.19. The molecule has 0 atom stereocenters. The highest BCUT2D eigenvalue weighted by Gasteiger charge is 2.18. The Kier molecular flexibility index (Phi) is 6.20. The van der Waals surface area contributed by atoms with E-state index in [1.54, 1.807) is 30.3 Å². The van der Waals surface area contributed by atoms with E-state index < -0.39 is 15.9 Å². The molecule has 0 aliphatic heterocycles. The van der Waals surface area contributed by atoms with Crippen LogP contribution in [0, 0.1) is 0 Å². The van der Waals surface area contributed by atoms with Crippen molar-refractivity contribution in [2.75, 3.05) is 11.8 Å². The summed E-state index contributed by atoms with van der Waals surface area (Å²) < 4.78 is 33.1. The van der Waals surface area contributed by atoms with Crippen molar-refractivity contribution in [3.05, 3.63) is 65.9 Å². The topological polar surface area (TPSA) is 96.5 Å². The summed E-state index contributed by atoms with van der Waals surface area (Å²) in [4.78, 5) is 12.4. The van der Waals surface area contributed by atoms with Gasteiger partial charge in [-0.1, -0.05) is 24.3 Å². The summed E-state index contributed by atoms with van der Waals surface area (Å²) >= 11 is 0. The summed E-state index contributed by atoms with van der Waals surface area (Å²) in [5, 5.41) is 0. The molecule has 1 aliphatic rings. The lowest BCUT2D eigenvalue weighted by atomic mass is 10.1. The fourth-order valence-corrected chi connectivity index (χ4v) is 4.01. The fraction of sp³-hybridized carbons (Fsp3) is 0.250. The van der Waals surface area contributed by atoms with Crippen molar-refractivity contribution in [3.8, 4) is 5.75 Å². The lowest BCUT2D eigenvalue weighted by Gasteiger charge is -2.16. The summed E-state index contributed by atoms with van der Waals surface area (Å²) in [5.74, 6) is 0.00532. The maximum Gasteiger partial charge on any atom is 0.269 e. The number of benzene rings is 2. The molecule has 3 N–H and O–H groups in total. The highest BCUT2D eigenvalue weighted by Crippen LogP contribution is 2.26. The van der Waals surface area contributed by atoms with Gasteiger partial charge >= 0.3 is 0 Å². The molecule has 3 rings (SSSR count). The normalized spacial score (nSPS) is 14.0. The number of nitrogens with one attached hydrogen (secondary N) is 3. The predicted molar refractivity (Wildman–Crippen MR) is 107 cm³/mol. The molecule has 0 radical (unpaired) electrons. The van der Waals surface area contributed by atoms with E-state index >= 15 is 0 Å². The minimum Gasteiger partial charge on any atom is -0.495 e. The van der Waals surface area contributed by atoms with Crippen LogP contribution < -0.4 is 20.3 Å². The number of allylic oxidation sites excluding steroid dienone is 2. The summed E-state index contributed by atoms with van der Waals surface area (Å²) in [7, 11) is -2.41. The molecule has 0 saturated heterocycles. The van der Waals surface area contributed by atoms with Crippen LogP contribution in [0.15, 0.2) is 65.2 Å². The molecule has 0 unspecified atom stereocenters. The van der Waals surface area contributed by atoms with Crippen molar-refractivity contribution in [2.24, 2.45) is 0 Å². The van der Waals surface area contributed by atoms with Gasteiger partial charge in [0.25, 0.3) is 15.9 Å². The molecule has 1 amide bonds. The van der Waals surface area contributed by atoms with Crippen LogP contribution in [0.25, 0.3) is 0 Å². The first-order valence-corrected chi connectivity index (χ1v) is 10.5. The number of methoxy groups -OCH3 is 1. The Labute approximate surface area is 164 Å². The Morgan fingerprint density at radius 3 is 2.64 bits per heavy atom. The van der Waals surface area contributed by atoms with Gasteiger partial charge < -0.3 is 10.2 Å². The van der Waals surface area contributed by atoms with Gasteiger partial charge in [-0.3, -0.25) is 14.9 Å². The van der Waals surface area contributed by atoms with E-state index in [1.807, 2.05) is 0 Å². The number of rotatable bonds is 7. The number of amides is 1. The van der Waals surface area contributed by atoms with E-state index in [2.05, 4.69) is 21.6 Å². The van der Waals surface area contributed by atoms with Crippen molar-refractivity contribution in [1.82, 2.24) is 10.9 Å². The van der Waals surface area contributed by atoms with Crippen LogP contribution in [0.4, 0.5) is 5.69 Å². The Morgan fingerprint density at radius 2 is 1.89 bits per heavy atom. The van der Waals surface area contributed by atoms with Crippen molar-refractivity contribution >= 4 is 21.6 Å². The number of carbonyl (C=O) groups excluding carboxylic acids is 1. The number of carbonyl (C=O) groups is 1. The van der Waals surface area contributed by atoms with E-state index in [0.29, 0.717) is 11.4 Å². The molecule has 0 bridgehead atoms. The molecule has 0 heterocycles. The van der Waals surface area contributed by atoms with Gasteiger partial charge in [0.15, 0.2) is 0 Å². The molecular formula is C20H23N3O4S. The Morgan fingerprint density at radius 1 is 1.07 bits per heavy atom. The number of para-hydroxylation sites is 2. The molecule has 0 spiro atoms. The van der Waals surface area contributed by atoms with E-state index in [1.165, 1.54) is 25.3 Å². The van der Waals surface area contributed by atoms with Crippen LogP contribution in [0.5, 0.6) is 5.75 Å². The molecular weight excluding hydrogens is 378 g/mol. The van der Waals surface area contributed by atoms with Crippen LogP contribution in [0.1, 0.15) is 36.0 Å². The maximum absolute atomic E-state index is 12.7. The molecule has 0 fully saturated rings. The van der Waals surface area contributed by atoms with Gasteiger partial charge in [0.05, 0.1) is 17.7 Å². The minimum absolute atomic E-state index is 0.0112. The zero-order valence-corrected chi connectivity index (χ0v) is 16.4. The van der Waals surface area contributed by atoms with Gasteiger partial charge in [-0.05, 0) is 56.0 Å². The summed E-state index contributed by atoms with van der Waals surface area (Å²) in [6.07, 6.45) is 6.16.